The second-order valence-corrected chi connectivity index (χ2v) is 18.4. The van der Waals surface area contributed by atoms with Gasteiger partial charge in [0.05, 0.1) is 55.3 Å². The minimum absolute atomic E-state index is 0.00471. The van der Waals surface area contributed by atoms with E-state index in [1.54, 1.807) is 13.8 Å². The Morgan fingerprint density at radius 1 is 0.589 bits per heavy atom. The van der Waals surface area contributed by atoms with E-state index >= 15 is 0 Å². The number of benzene rings is 3. The second kappa shape index (κ2) is 25.5. The minimum atomic E-state index is -3.96. The molecule has 318 valence electrons. The standard InChI is InChI=1S/C22H32N2O8S2.C8H9ClO4S.C7H17N/c1-5-23(33(27,28)19-8-7-17(15-25)18(13-19)16-26)11-12-24(6-2)34(29,30)20-9-10-21(31-3)22(14-20)32-4;9-14(12,13)8-2-1-6(4-10)7(3-8)5-11;1-3-5-6-7-8-4-2/h7-10,13-14,25-26H,5-6,11-12,15-16H2,1-4H3;1-3,10-11H,4-5H2;8H,3-7H2,1-2H3. The summed E-state index contributed by atoms with van der Waals surface area (Å²) in [5, 5.41) is 39.9. The first-order chi connectivity index (χ1) is 26.5. The summed E-state index contributed by atoms with van der Waals surface area (Å²) < 4.78 is 87.4. The molecule has 56 heavy (non-hydrogen) atoms. The molecule has 15 nitrogen and oxygen atoms in total. The lowest BCUT2D eigenvalue weighted by molar-refractivity contribution is 0.259. The predicted octanol–water partition coefficient (Wildman–Crippen LogP) is 3.79. The number of halogens is 1. The Balaban J connectivity index is 0.000000580. The van der Waals surface area contributed by atoms with Crippen molar-refractivity contribution in [2.24, 2.45) is 0 Å². The van der Waals surface area contributed by atoms with E-state index in [-0.39, 0.29) is 66.4 Å². The van der Waals surface area contributed by atoms with Crippen molar-refractivity contribution in [2.45, 2.75) is 88.1 Å². The Morgan fingerprint density at radius 3 is 1.41 bits per heavy atom. The zero-order valence-corrected chi connectivity index (χ0v) is 36.1. The molecule has 3 aromatic carbocycles. The fourth-order valence-corrected chi connectivity index (χ4v) is 8.94. The van der Waals surface area contributed by atoms with Gasteiger partial charge >= 0.3 is 0 Å². The van der Waals surface area contributed by atoms with Gasteiger partial charge in [0.1, 0.15) is 0 Å². The van der Waals surface area contributed by atoms with Crippen molar-refractivity contribution in [3.05, 3.63) is 76.9 Å². The van der Waals surface area contributed by atoms with Crippen LogP contribution in [0.1, 0.15) is 69.2 Å². The van der Waals surface area contributed by atoms with Crippen molar-refractivity contribution in [2.75, 3.05) is 53.5 Å². The smallest absolute Gasteiger partial charge is 0.261 e. The molecule has 19 heteroatoms. The molecule has 0 saturated heterocycles. The Hall–Kier alpha value is -2.88. The maximum absolute atomic E-state index is 13.2. The van der Waals surface area contributed by atoms with Crippen LogP contribution in [-0.4, -0.2) is 108 Å². The van der Waals surface area contributed by atoms with E-state index in [0.29, 0.717) is 28.0 Å². The quantitative estimate of drug-likeness (QED) is 0.0761. The van der Waals surface area contributed by atoms with Gasteiger partial charge in [-0.1, -0.05) is 52.7 Å². The van der Waals surface area contributed by atoms with E-state index in [1.165, 1.54) is 103 Å². The summed E-state index contributed by atoms with van der Waals surface area (Å²) in [6.45, 7) is 8.79. The number of likely N-dealkylation sites (N-methyl/N-ethyl adjacent to an activating group) is 2. The van der Waals surface area contributed by atoms with E-state index in [2.05, 4.69) is 19.2 Å². The molecule has 0 amide bonds. The third-order valence-corrected chi connectivity index (χ3v) is 13.8. The van der Waals surface area contributed by atoms with Crippen LogP contribution in [0.15, 0.2) is 69.3 Å². The SMILES string of the molecule is CCCCCNCC.CCN(CCN(CC)S(=O)(=O)c1ccc(OC)c(OC)c1)S(=O)(=O)c1ccc(CO)c(CO)c1.O=S(=O)(Cl)c1ccc(CO)c(CO)c1. The molecular weight excluding hydrogens is 810 g/mol. The molecule has 0 fully saturated rings. The van der Waals surface area contributed by atoms with Crippen molar-refractivity contribution in [1.82, 2.24) is 13.9 Å². The molecule has 3 aromatic rings. The van der Waals surface area contributed by atoms with Crippen molar-refractivity contribution >= 4 is 39.8 Å². The van der Waals surface area contributed by atoms with Crippen LogP contribution >= 0.6 is 10.7 Å². The first-order valence-corrected chi connectivity index (χ1v) is 23.2. The van der Waals surface area contributed by atoms with Crippen molar-refractivity contribution < 1.29 is 55.2 Å². The van der Waals surface area contributed by atoms with E-state index < -0.39 is 35.7 Å². The first kappa shape index (κ1) is 51.1. The Labute approximate surface area is 337 Å². The number of aliphatic hydroxyl groups is 4. The highest BCUT2D eigenvalue weighted by Crippen LogP contribution is 2.31. The molecule has 0 radical (unpaired) electrons. The van der Waals surface area contributed by atoms with Gasteiger partial charge < -0.3 is 35.2 Å². The number of aliphatic hydroxyl groups excluding tert-OH is 4. The van der Waals surface area contributed by atoms with Crippen LogP contribution in [0.3, 0.4) is 0 Å². The second-order valence-electron chi connectivity index (χ2n) is 12.0. The van der Waals surface area contributed by atoms with Crippen LogP contribution in [0.5, 0.6) is 11.5 Å². The van der Waals surface area contributed by atoms with Gasteiger partial charge in [-0.2, -0.15) is 8.61 Å². The molecule has 0 saturated carbocycles. The van der Waals surface area contributed by atoms with Crippen molar-refractivity contribution in [1.29, 1.82) is 0 Å². The molecule has 0 aliphatic rings. The van der Waals surface area contributed by atoms with Gasteiger partial charge in [-0.25, -0.2) is 25.3 Å². The third kappa shape index (κ3) is 15.1. The molecule has 0 aliphatic heterocycles. The Bertz CT molecular complexity index is 1870. The largest absolute Gasteiger partial charge is 0.493 e. The fourth-order valence-electron chi connectivity index (χ4n) is 5.19. The number of rotatable bonds is 21. The number of sulfonamides is 2. The number of nitrogens with one attached hydrogen (secondary N) is 1. The monoisotopic (exact) mass is 867 g/mol. The molecule has 3 rings (SSSR count). The van der Waals surface area contributed by atoms with Gasteiger partial charge in [-0.15, -0.1) is 0 Å². The van der Waals surface area contributed by atoms with Crippen LogP contribution in [-0.2, 0) is 55.5 Å². The number of unbranched alkanes of at least 4 members (excludes halogenated alkanes) is 2. The summed E-state index contributed by atoms with van der Waals surface area (Å²) >= 11 is 0. The van der Waals surface area contributed by atoms with Gasteiger partial charge in [-0.05, 0) is 78.2 Å². The zero-order valence-electron chi connectivity index (χ0n) is 32.9. The highest BCUT2D eigenvalue weighted by molar-refractivity contribution is 8.13. The zero-order chi connectivity index (χ0) is 42.5. The minimum Gasteiger partial charge on any atom is -0.493 e. The number of methoxy groups -OCH3 is 2. The predicted molar refractivity (Wildman–Crippen MR) is 216 cm³/mol. The van der Waals surface area contributed by atoms with Crippen LogP contribution in [0.2, 0.25) is 0 Å². The Kier molecular flexibility index (Phi) is 23.3. The molecule has 0 heterocycles. The Morgan fingerprint density at radius 2 is 1.02 bits per heavy atom. The summed E-state index contributed by atoms with van der Waals surface area (Å²) in [5.74, 6) is 0.658. The summed E-state index contributed by atoms with van der Waals surface area (Å²) in [6.07, 6.45) is 4.03. The van der Waals surface area contributed by atoms with Crippen LogP contribution in [0.4, 0.5) is 0 Å². The average Bonchev–Trinajstić information content (AvgIpc) is 3.20. The molecular formula is C37H58ClN3O12S3. The highest BCUT2D eigenvalue weighted by Gasteiger charge is 2.29. The van der Waals surface area contributed by atoms with Gasteiger partial charge in [-0.3, -0.25) is 0 Å². The van der Waals surface area contributed by atoms with Gasteiger partial charge in [0.15, 0.2) is 11.5 Å². The summed E-state index contributed by atoms with van der Waals surface area (Å²) in [6, 6.07) is 12.4. The summed E-state index contributed by atoms with van der Waals surface area (Å²) in [7, 11) is -3.70. The lowest BCUT2D eigenvalue weighted by atomic mass is 10.1. The van der Waals surface area contributed by atoms with Crippen LogP contribution in [0, 0.1) is 0 Å². The van der Waals surface area contributed by atoms with Crippen LogP contribution < -0.4 is 14.8 Å². The molecule has 0 aliphatic carbocycles. The van der Waals surface area contributed by atoms with E-state index in [0.717, 1.165) is 6.54 Å². The summed E-state index contributed by atoms with van der Waals surface area (Å²) in [5.41, 5.74) is 1.58. The van der Waals surface area contributed by atoms with Crippen molar-refractivity contribution in [3.8, 4) is 11.5 Å². The van der Waals surface area contributed by atoms with Crippen molar-refractivity contribution in [3.63, 3.8) is 0 Å². The number of hydrogen-bond acceptors (Lipinski definition) is 13. The molecule has 0 atom stereocenters. The topological polar surface area (TPSA) is 220 Å². The molecule has 5 N–H and O–H groups in total. The lowest BCUT2D eigenvalue weighted by Crippen LogP contribution is -2.41. The van der Waals surface area contributed by atoms with Gasteiger partial charge in [0, 0.05) is 42.9 Å². The molecule has 0 bridgehead atoms. The maximum atomic E-state index is 13.2. The van der Waals surface area contributed by atoms with E-state index in [1.807, 2.05) is 0 Å². The van der Waals surface area contributed by atoms with Crippen LogP contribution in [0.25, 0.3) is 0 Å². The number of nitrogens with zero attached hydrogens (tertiary/aromatic N) is 2. The fraction of sp³-hybridized carbons (Fsp3) is 0.514. The maximum Gasteiger partial charge on any atom is 0.261 e. The first-order valence-electron chi connectivity index (χ1n) is 18.1. The summed E-state index contributed by atoms with van der Waals surface area (Å²) in [4.78, 5) is -0.119. The number of ether oxygens (including phenoxy) is 2. The highest BCUT2D eigenvalue weighted by atomic mass is 35.7. The van der Waals surface area contributed by atoms with E-state index in [4.69, 9.17) is 30.4 Å². The lowest BCUT2D eigenvalue weighted by Gasteiger charge is -2.26. The molecule has 0 unspecified atom stereocenters. The average molecular weight is 869 g/mol. The normalized spacial score (nSPS) is 11.8. The third-order valence-electron chi connectivity index (χ3n) is 8.46. The van der Waals surface area contributed by atoms with E-state index in [9.17, 15) is 35.5 Å². The molecule has 0 aromatic heterocycles. The van der Waals surface area contributed by atoms with Gasteiger partial charge in [0.25, 0.3) is 9.05 Å². The molecule has 0 spiro atoms. The number of hydrogen-bond donors (Lipinski definition) is 5. The van der Waals surface area contributed by atoms with Gasteiger partial charge in [0.2, 0.25) is 20.0 Å².